The molecule has 0 aromatic carbocycles. The van der Waals surface area contributed by atoms with E-state index >= 15 is 0 Å². The molecule has 2 rings (SSSR count). The van der Waals surface area contributed by atoms with Gasteiger partial charge < -0.3 is 9.15 Å². The Hall–Kier alpha value is -2.55. The van der Waals surface area contributed by atoms with E-state index < -0.39 is 5.63 Å². The quantitative estimate of drug-likeness (QED) is 0.855. The number of rotatable bonds is 5. The zero-order chi connectivity index (χ0) is 16.8. The van der Waals surface area contributed by atoms with Gasteiger partial charge in [-0.15, -0.1) is 5.92 Å². The van der Waals surface area contributed by atoms with Gasteiger partial charge in [0.15, 0.2) is 6.61 Å². The highest BCUT2D eigenvalue weighted by Gasteiger charge is 2.13. The van der Waals surface area contributed by atoms with Crippen LogP contribution >= 0.6 is 0 Å². The van der Waals surface area contributed by atoms with Crippen LogP contribution in [0.2, 0.25) is 0 Å². The van der Waals surface area contributed by atoms with Crippen molar-refractivity contribution in [3.8, 4) is 17.9 Å². The summed E-state index contributed by atoms with van der Waals surface area (Å²) in [6.45, 7) is 6.20. The van der Waals surface area contributed by atoms with Gasteiger partial charge in [-0.25, -0.2) is 4.79 Å². The number of hydrogen-bond acceptors (Lipinski definition) is 5. The topological polar surface area (TPSA) is 85.2 Å². The zero-order valence-electron chi connectivity index (χ0n) is 13.6. The van der Waals surface area contributed by atoms with Crippen molar-refractivity contribution in [3.05, 3.63) is 32.4 Å². The monoisotopic (exact) mass is 316 g/mol. The maximum atomic E-state index is 12.3. The van der Waals surface area contributed by atoms with E-state index in [0.29, 0.717) is 23.3 Å². The van der Waals surface area contributed by atoms with Crippen molar-refractivity contribution >= 4 is 11.1 Å². The lowest BCUT2D eigenvalue weighted by Gasteiger charge is -2.07. The van der Waals surface area contributed by atoms with E-state index in [-0.39, 0.29) is 23.9 Å². The average molecular weight is 316 g/mol. The summed E-state index contributed by atoms with van der Waals surface area (Å²) < 4.78 is 10.3. The Labute approximate surface area is 133 Å². The summed E-state index contributed by atoms with van der Waals surface area (Å²) in [5.41, 5.74) is -0.253. The van der Waals surface area contributed by atoms with Crippen LogP contribution in [0.15, 0.2) is 20.1 Å². The second kappa shape index (κ2) is 7.63. The van der Waals surface area contributed by atoms with Gasteiger partial charge in [0.2, 0.25) is 5.71 Å². The fourth-order valence-electron chi connectivity index (χ4n) is 2.12. The first-order valence-electron chi connectivity index (χ1n) is 7.66. The molecule has 122 valence electrons. The number of aromatic amines is 1. The number of nitrogens with one attached hydrogen (secondary N) is 1. The third kappa shape index (κ3) is 4.46. The molecule has 0 fully saturated rings. The van der Waals surface area contributed by atoms with Gasteiger partial charge in [0.25, 0.3) is 5.56 Å². The molecule has 1 N–H and O–H groups in total. The van der Waals surface area contributed by atoms with Crippen LogP contribution in [0.4, 0.5) is 0 Å². The minimum absolute atomic E-state index is 0.00143. The van der Waals surface area contributed by atoms with Gasteiger partial charge in [0.05, 0.1) is 0 Å². The number of ether oxygens (including phenoxy) is 1. The minimum Gasteiger partial charge on any atom is -0.451 e. The van der Waals surface area contributed by atoms with Crippen molar-refractivity contribution in [1.29, 1.82) is 0 Å². The van der Waals surface area contributed by atoms with E-state index in [0.717, 1.165) is 12.8 Å². The van der Waals surface area contributed by atoms with Gasteiger partial charge in [-0.1, -0.05) is 26.7 Å². The van der Waals surface area contributed by atoms with E-state index in [9.17, 15) is 9.59 Å². The maximum absolute atomic E-state index is 12.3. The van der Waals surface area contributed by atoms with Crippen LogP contribution in [0.5, 0.6) is 6.01 Å². The number of hydrogen-bond donors (Lipinski definition) is 1. The van der Waals surface area contributed by atoms with E-state index in [1.807, 2.05) is 6.92 Å². The first-order valence-corrected chi connectivity index (χ1v) is 7.66. The molecule has 6 heteroatoms. The first kappa shape index (κ1) is 16.8. The van der Waals surface area contributed by atoms with Crippen LogP contribution in [0.25, 0.3) is 11.1 Å². The van der Waals surface area contributed by atoms with Crippen molar-refractivity contribution in [3.63, 3.8) is 0 Å². The van der Waals surface area contributed by atoms with Crippen molar-refractivity contribution in [2.24, 2.45) is 5.92 Å². The molecule has 0 aliphatic carbocycles. The second-order valence-electron chi connectivity index (χ2n) is 5.57. The molecule has 2 aromatic rings. The third-order valence-electron chi connectivity index (χ3n) is 3.25. The van der Waals surface area contributed by atoms with Crippen LogP contribution in [0.3, 0.4) is 0 Å². The summed E-state index contributed by atoms with van der Waals surface area (Å²) >= 11 is 0. The highest BCUT2D eigenvalue weighted by molar-refractivity contribution is 5.75. The highest BCUT2D eigenvalue weighted by atomic mass is 16.5. The Morgan fingerprint density at radius 3 is 2.83 bits per heavy atom. The molecule has 0 spiro atoms. The Bertz CT molecular complexity index is 853. The molecule has 0 saturated carbocycles. The Kier molecular flexibility index (Phi) is 5.58. The second-order valence-corrected chi connectivity index (χ2v) is 5.57. The van der Waals surface area contributed by atoms with Crippen LogP contribution in [-0.2, 0) is 6.42 Å². The van der Waals surface area contributed by atoms with Gasteiger partial charge in [-0.05, 0) is 24.3 Å². The molecule has 0 aliphatic rings. The summed E-state index contributed by atoms with van der Waals surface area (Å²) in [5.74, 6) is 6.09. The molecule has 2 heterocycles. The molecule has 2 aromatic heterocycles. The number of aryl methyl sites for hydroxylation is 1. The van der Waals surface area contributed by atoms with E-state index in [1.165, 1.54) is 6.07 Å². The standard InChI is InChI=1S/C17H20N2O4/c1-4-5-6-9-22-17-18-15(21)14-12(8-7-11(2)3)10-13(20)23-16(14)19-17/h10-11H,4,7-9H2,1-3H3,(H,18,19,21). The van der Waals surface area contributed by atoms with Gasteiger partial charge in [0, 0.05) is 12.5 Å². The molecule has 0 saturated heterocycles. The van der Waals surface area contributed by atoms with Crippen LogP contribution in [-0.4, -0.2) is 16.6 Å². The van der Waals surface area contributed by atoms with E-state index in [2.05, 4.69) is 35.7 Å². The first-order chi connectivity index (χ1) is 11.0. The van der Waals surface area contributed by atoms with E-state index in [4.69, 9.17) is 9.15 Å². The van der Waals surface area contributed by atoms with Gasteiger partial charge in [0.1, 0.15) is 5.39 Å². The largest absolute Gasteiger partial charge is 0.451 e. The van der Waals surface area contributed by atoms with Crippen molar-refractivity contribution < 1.29 is 9.15 Å². The molecular formula is C17H20N2O4. The van der Waals surface area contributed by atoms with Gasteiger partial charge in [-0.2, -0.15) is 4.98 Å². The Balaban J connectivity index is 2.40. The van der Waals surface area contributed by atoms with Crippen LogP contribution in [0.1, 0.15) is 39.2 Å². The number of nitrogens with zero attached hydrogens (tertiary/aromatic N) is 1. The van der Waals surface area contributed by atoms with E-state index in [1.54, 1.807) is 0 Å². The molecule has 0 unspecified atom stereocenters. The summed E-state index contributed by atoms with van der Waals surface area (Å²) in [5, 5.41) is 0.303. The minimum atomic E-state index is -0.522. The molecule has 0 atom stereocenters. The SMILES string of the molecule is CCC#CCOc1nc2oc(=O)cc(CCC(C)C)c2c(=O)[nH]1. The zero-order valence-corrected chi connectivity index (χ0v) is 13.6. The fourth-order valence-corrected chi connectivity index (χ4v) is 2.12. The highest BCUT2D eigenvalue weighted by Crippen LogP contribution is 2.16. The summed E-state index contributed by atoms with van der Waals surface area (Å²) in [4.78, 5) is 30.6. The Morgan fingerprint density at radius 2 is 2.13 bits per heavy atom. The molecule has 23 heavy (non-hydrogen) atoms. The molecule has 0 amide bonds. The molecule has 0 bridgehead atoms. The fraction of sp³-hybridized carbons (Fsp3) is 0.471. The maximum Gasteiger partial charge on any atom is 0.337 e. The van der Waals surface area contributed by atoms with Crippen molar-refractivity contribution in [2.75, 3.05) is 6.61 Å². The molecular weight excluding hydrogens is 296 g/mol. The summed E-state index contributed by atoms with van der Waals surface area (Å²) in [7, 11) is 0. The van der Waals surface area contributed by atoms with Crippen LogP contribution < -0.4 is 15.9 Å². The summed E-state index contributed by atoms with van der Waals surface area (Å²) in [6, 6.07) is 1.35. The molecule has 6 nitrogen and oxygen atoms in total. The Morgan fingerprint density at radius 1 is 1.35 bits per heavy atom. The predicted molar refractivity (Wildman–Crippen MR) is 87.6 cm³/mol. The molecule has 0 aliphatic heterocycles. The van der Waals surface area contributed by atoms with Gasteiger partial charge >= 0.3 is 11.6 Å². The normalized spacial score (nSPS) is 10.6. The lowest BCUT2D eigenvalue weighted by molar-refractivity contribution is 0.337. The third-order valence-corrected chi connectivity index (χ3v) is 3.25. The van der Waals surface area contributed by atoms with Crippen molar-refractivity contribution in [1.82, 2.24) is 9.97 Å². The lowest BCUT2D eigenvalue weighted by Crippen LogP contribution is -2.15. The smallest absolute Gasteiger partial charge is 0.337 e. The van der Waals surface area contributed by atoms with Crippen molar-refractivity contribution in [2.45, 2.75) is 40.0 Å². The number of aromatic nitrogens is 2. The average Bonchev–Trinajstić information content (AvgIpc) is 2.48. The predicted octanol–water partition coefficient (Wildman–Crippen LogP) is 2.26. The molecule has 0 radical (unpaired) electrons. The van der Waals surface area contributed by atoms with Gasteiger partial charge in [-0.3, -0.25) is 9.78 Å². The number of H-pyrrole nitrogens is 1. The number of fused-ring (bicyclic) bond motifs is 1. The lowest BCUT2D eigenvalue weighted by atomic mass is 10.0. The van der Waals surface area contributed by atoms with Crippen LogP contribution in [0, 0.1) is 17.8 Å². The summed E-state index contributed by atoms with van der Waals surface area (Å²) in [6.07, 6.45) is 2.20.